The molecule has 1 unspecified atom stereocenters. The van der Waals surface area contributed by atoms with Gasteiger partial charge in [0.05, 0.1) is 17.4 Å². The van der Waals surface area contributed by atoms with E-state index in [1.165, 1.54) is 10.4 Å². The Kier molecular flexibility index (Phi) is 3.36. The summed E-state index contributed by atoms with van der Waals surface area (Å²) in [5.41, 5.74) is 4.22. The van der Waals surface area contributed by atoms with Crippen molar-refractivity contribution in [3.63, 3.8) is 0 Å². The third kappa shape index (κ3) is 2.48. The minimum absolute atomic E-state index is 0.340. The molecule has 0 aliphatic carbocycles. The van der Waals surface area contributed by atoms with Crippen LogP contribution in [-0.4, -0.2) is 14.8 Å². The van der Waals surface area contributed by atoms with Crippen LogP contribution in [0.4, 0.5) is 0 Å². The molecule has 2 aromatic rings. The second kappa shape index (κ2) is 4.76. The summed E-state index contributed by atoms with van der Waals surface area (Å²) in [4.78, 5) is 5.57. The van der Waals surface area contributed by atoms with Gasteiger partial charge in [0.25, 0.3) is 0 Å². The molecule has 86 valence electrons. The third-order valence-corrected chi connectivity index (χ3v) is 3.66. The van der Waals surface area contributed by atoms with E-state index in [1.807, 2.05) is 36.6 Å². The summed E-state index contributed by atoms with van der Waals surface area (Å²) >= 11 is 1.70. The molecule has 0 amide bonds. The van der Waals surface area contributed by atoms with Crippen molar-refractivity contribution in [1.82, 2.24) is 20.1 Å². The molecular formula is C11H16N4S. The van der Waals surface area contributed by atoms with E-state index in [0.29, 0.717) is 6.04 Å². The first-order valence-corrected chi connectivity index (χ1v) is 6.15. The van der Waals surface area contributed by atoms with Gasteiger partial charge in [-0.1, -0.05) is 0 Å². The third-order valence-electron chi connectivity index (χ3n) is 2.55. The first-order chi connectivity index (χ1) is 7.66. The Bertz CT molecular complexity index is 460. The summed E-state index contributed by atoms with van der Waals surface area (Å²) in [6.07, 6.45) is 3.92. The van der Waals surface area contributed by atoms with Crippen molar-refractivity contribution >= 4 is 11.3 Å². The van der Waals surface area contributed by atoms with Crippen molar-refractivity contribution in [2.45, 2.75) is 26.4 Å². The summed E-state index contributed by atoms with van der Waals surface area (Å²) < 4.78 is 1.82. The highest BCUT2D eigenvalue weighted by Crippen LogP contribution is 2.21. The number of aromatic nitrogens is 3. The average Bonchev–Trinajstić information content (AvgIpc) is 2.84. The minimum atomic E-state index is 0.340. The van der Waals surface area contributed by atoms with Crippen LogP contribution in [0.15, 0.2) is 17.9 Å². The molecule has 0 fully saturated rings. The molecule has 0 spiro atoms. The van der Waals surface area contributed by atoms with E-state index in [2.05, 4.69) is 22.3 Å². The number of hydrogen-bond acceptors (Lipinski definition) is 4. The SMILES string of the molecule is Cc1ncsc1C(C)NCc1cnn(C)c1. The normalized spacial score (nSPS) is 12.9. The van der Waals surface area contributed by atoms with Crippen LogP contribution in [0.2, 0.25) is 0 Å². The number of hydrogen-bond donors (Lipinski definition) is 1. The van der Waals surface area contributed by atoms with Crippen LogP contribution in [0.1, 0.15) is 29.1 Å². The molecule has 1 N–H and O–H groups in total. The molecule has 0 aliphatic rings. The maximum absolute atomic E-state index is 4.26. The van der Waals surface area contributed by atoms with Crippen LogP contribution >= 0.6 is 11.3 Å². The Hall–Kier alpha value is -1.20. The molecule has 16 heavy (non-hydrogen) atoms. The predicted molar refractivity (Wildman–Crippen MR) is 65.3 cm³/mol. The lowest BCUT2D eigenvalue weighted by Crippen LogP contribution is -2.17. The van der Waals surface area contributed by atoms with Crippen LogP contribution in [0.3, 0.4) is 0 Å². The predicted octanol–water partition coefficient (Wildman–Crippen LogP) is 2.04. The lowest BCUT2D eigenvalue weighted by atomic mass is 10.2. The van der Waals surface area contributed by atoms with Gasteiger partial charge < -0.3 is 5.32 Å². The lowest BCUT2D eigenvalue weighted by Gasteiger charge is -2.11. The molecule has 2 aromatic heterocycles. The monoisotopic (exact) mass is 236 g/mol. The Morgan fingerprint density at radius 2 is 2.38 bits per heavy atom. The fraction of sp³-hybridized carbons (Fsp3) is 0.455. The largest absolute Gasteiger partial charge is 0.305 e. The molecule has 0 saturated carbocycles. The van der Waals surface area contributed by atoms with Crippen LogP contribution in [-0.2, 0) is 13.6 Å². The van der Waals surface area contributed by atoms with Crippen molar-refractivity contribution in [3.8, 4) is 0 Å². The molecule has 4 nitrogen and oxygen atoms in total. The summed E-state index contributed by atoms with van der Waals surface area (Å²) in [5.74, 6) is 0. The van der Waals surface area contributed by atoms with Crippen LogP contribution in [0.25, 0.3) is 0 Å². The smallest absolute Gasteiger partial charge is 0.0798 e. The van der Waals surface area contributed by atoms with E-state index in [4.69, 9.17) is 0 Å². The molecule has 0 radical (unpaired) electrons. The summed E-state index contributed by atoms with van der Waals surface area (Å²) in [5, 5.41) is 7.61. The van der Waals surface area contributed by atoms with Gasteiger partial charge in [0.2, 0.25) is 0 Å². The summed E-state index contributed by atoms with van der Waals surface area (Å²) in [6, 6.07) is 0.340. The second-order valence-corrected chi connectivity index (χ2v) is 4.81. The molecule has 2 heterocycles. The number of aryl methyl sites for hydroxylation is 2. The Morgan fingerprint density at radius 3 is 2.94 bits per heavy atom. The number of nitrogens with one attached hydrogen (secondary N) is 1. The van der Waals surface area contributed by atoms with Gasteiger partial charge in [-0.05, 0) is 13.8 Å². The van der Waals surface area contributed by atoms with E-state index in [0.717, 1.165) is 12.2 Å². The zero-order valence-electron chi connectivity index (χ0n) is 9.77. The van der Waals surface area contributed by atoms with Crippen LogP contribution in [0.5, 0.6) is 0 Å². The fourth-order valence-electron chi connectivity index (χ4n) is 1.65. The topological polar surface area (TPSA) is 42.7 Å². The van der Waals surface area contributed by atoms with E-state index in [1.54, 1.807) is 11.3 Å². The second-order valence-electron chi connectivity index (χ2n) is 3.93. The molecule has 2 rings (SSSR count). The van der Waals surface area contributed by atoms with Crippen LogP contribution in [0, 0.1) is 6.92 Å². The highest BCUT2D eigenvalue weighted by atomic mass is 32.1. The fourth-order valence-corrected chi connectivity index (χ4v) is 2.49. The number of nitrogens with zero attached hydrogens (tertiary/aromatic N) is 3. The quantitative estimate of drug-likeness (QED) is 0.883. The standard InChI is InChI=1S/C11H16N4S/c1-8(11-9(2)13-7-16-11)12-4-10-5-14-15(3)6-10/h5-8,12H,4H2,1-3H3. The maximum Gasteiger partial charge on any atom is 0.0798 e. The molecule has 0 aliphatic heterocycles. The maximum atomic E-state index is 4.26. The molecule has 5 heteroatoms. The molecular weight excluding hydrogens is 220 g/mol. The molecule has 0 bridgehead atoms. The highest BCUT2D eigenvalue weighted by molar-refractivity contribution is 7.09. The van der Waals surface area contributed by atoms with Gasteiger partial charge in [-0.15, -0.1) is 11.3 Å². The van der Waals surface area contributed by atoms with Crippen molar-refractivity contribution in [1.29, 1.82) is 0 Å². The zero-order chi connectivity index (χ0) is 11.5. The highest BCUT2D eigenvalue weighted by Gasteiger charge is 2.10. The lowest BCUT2D eigenvalue weighted by molar-refractivity contribution is 0.579. The molecule has 0 saturated heterocycles. The van der Waals surface area contributed by atoms with E-state index in [-0.39, 0.29) is 0 Å². The summed E-state index contributed by atoms with van der Waals surface area (Å²) in [7, 11) is 1.93. The van der Waals surface area contributed by atoms with Crippen molar-refractivity contribution in [2.24, 2.45) is 7.05 Å². The van der Waals surface area contributed by atoms with E-state index >= 15 is 0 Å². The van der Waals surface area contributed by atoms with Gasteiger partial charge in [0.15, 0.2) is 0 Å². The van der Waals surface area contributed by atoms with Gasteiger partial charge >= 0.3 is 0 Å². The van der Waals surface area contributed by atoms with E-state index < -0.39 is 0 Å². The Labute approximate surface area is 99.3 Å². The van der Waals surface area contributed by atoms with Gasteiger partial charge in [-0.2, -0.15) is 5.10 Å². The summed E-state index contributed by atoms with van der Waals surface area (Å²) in [6.45, 7) is 5.05. The van der Waals surface area contributed by atoms with Gasteiger partial charge in [0, 0.05) is 36.3 Å². The minimum Gasteiger partial charge on any atom is -0.305 e. The van der Waals surface area contributed by atoms with Gasteiger partial charge in [-0.3, -0.25) is 4.68 Å². The molecule has 1 atom stereocenters. The van der Waals surface area contributed by atoms with Gasteiger partial charge in [-0.25, -0.2) is 4.98 Å². The Morgan fingerprint density at radius 1 is 1.56 bits per heavy atom. The van der Waals surface area contributed by atoms with Crippen molar-refractivity contribution in [3.05, 3.63) is 34.0 Å². The average molecular weight is 236 g/mol. The zero-order valence-corrected chi connectivity index (χ0v) is 10.6. The van der Waals surface area contributed by atoms with Gasteiger partial charge in [0.1, 0.15) is 0 Å². The Balaban J connectivity index is 1.93. The van der Waals surface area contributed by atoms with Crippen molar-refractivity contribution in [2.75, 3.05) is 0 Å². The first kappa shape index (κ1) is 11.3. The number of thiazole rings is 1. The van der Waals surface area contributed by atoms with E-state index in [9.17, 15) is 0 Å². The first-order valence-electron chi connectivity index (χ1n) is 5.27. The van der Waals surface area contributed by atoms with Crippen LogP contribution < -0.4 is 5.32 Å². The van der Waals surface area contributed by atoms with Crippen molar-refractivity contribution < 1.29 is 0 Å². The number of rotatable bonds is 4. The molecule has 0 aromatic carbocycles.